The van der Waals surface area contributed by atoms with Gasteiger partial charge in [-0.05, 0) is 35.7 Å². The monoisotopic (exact) mass is 217 g/mol. The minimum atomic E-state index is 0.937. The molecule has 0 saturated heterocycles. The zero-order valence-corrected chi connectivity index (χ0v) is 9.72. The molecule has 0 spiro atoms. The van der Waals surface area contributed by atoms with E-state index in [9.17, 15) is 0 Å². The summed E-state index contributed by atoms with van der Waals surface area (Å²) in [5, 5.41) is 8.00. The molecule has 86 valence electrons. The predicted molar refractivity (Wildman–Crippen MR) is 68.5 cm³/mol. The third kappa shape index (κ3) is 2.84. The number of H-pyrrole nitrogens is 1. The predicted octanol–water partition coefficient (Wildman–Crippen LogP) is 1.87. The Morgan fingerprint density at radius 2 is 2.00 bits per heavy atom. The molecule has 0 unspecified atom stereocenters. The molecular weight excluding hydrogens is 198 g/mol. The second-order valence-electron chi connectivity index (χ2n) is 3.93. The highest BCUT2D eigenvalue weighted by Crippen LogP contribution is 2.13. The Hall–Kier alpha value is -1.32. The summed E-state index contributed by atoms with van der Waals surface area (Å²) in [6, 6.07) is 8.64. The second-order valence-corrected chi connectivity index (χ2v) is 3.93. The van der Waals surface area contributed by atoms with Crippen LogP contribution in [0.4, 0.5) is 0 Å². The largest absolute Gasteiger partial charge is 0.361 e. The first-order valence-corrected chi connectivity index (χ1v) is 5.87. The van der Waals surface area contributed by atoms with E-state index in [1.165, 1.54) is 16.5 Å². The van der Waals surface area contributed by atoms with Crippen LogP contribution in [0.25, 0.3) is 10.9 Å². The molecule has 0 aliphatic rings. The Balaban J connectivity index is 1.84. The highest BCUT2D eigenvalue weighted by Gasteiger charge is 1.96. The molecule has 0 radical (unpaired) electrons. The number of benzene rings is 1. The lowest BCUT2D eigenvalue weighted by Crippen LogP contribution is -2.26. The Morgan fingerprint density at radius 1 is 1.12 bits per heavy atom. The van der Waals surface area contributed by atoms with E-state index in [0.29, 0.717) is 0 Å². The van der Waals surface area contributed by atoms with Crippen LogP contribution in [0.15, 0.2) is 30.5 Å². The first-order valence-electron chi connectivity index (χ1n) is 5.87. The Kier molecular flexibility index (Phi) is 3.97. The number of hydrogen-bond donors (Lipinski definition) is 3. The van der Waals surface area contributed by atoms with Gasteiger partial charge >= 0.3 is 0 Å². The van der Waals surface area contributed by atoms with Crippen molar-refractivity contribution in [2.45, 2.75) is 13.5 Å². The van der Waals surface area contributed by atoms with Gasteiger partial charge in [0.05, 0.1) is 0 Å². The maximum Gasteiger partial charge on any atom is 0.0454 e. The molecule has 3 heteroatoms. The molecule has 0 atom stereocenters. The van der Waals surface area contributed by atoms with E-state index in [2.05, 4.69) is 46.8 Å². The topological polar surface area (TPSA) is 39.8 Å². The molecule has 0 aliphatic carbocycles. The van der Waals surface area contributed by atoms with E-state index in [1.807, 2.05) is 6.20 Å². The minimum Gasteiger partial charge on any atom is -0.361 e. The van der Waals surface area contributed by atoms with Gasteiger partial charge in [0.15, 0.2) is 0 Å². The van der Waals surface area contributed by atoms with E-state index >= 15 is 0 Å². The van der Waals surface area contributed by atoms with Crippen molar-refractivity contribution in [2.75, 3.05) is 19.6 Å². The highest BCUT2D eigenvalue weighted by atomic mass is 14.9. The van der Waals surface area contributed by atoms with Gasteiger partial charge < -0.3 is 15.6 Å². The van der Waals surface area contributed by atoms with Crippen LogP contribution in [0.5, 0.6) is 0 Å². The van der Waals surface area contributed by atoms with E-state index in [-0.39, 0.29) is 0 Å². The van der Waals surface area contributed by atoms with Gasteiger partial charge in [-0.2, -0.15) is 0 Å². The van der Waals surface area contributed by atoms with Gasteiger partial charge in [-0.3, -0.25) is 0 Å². The number of fused-ring (bicyclic) bond motifs is 1. The molecule has 0 amide bonds. The number of nitrogens with one attached hydrogen (secondary N) is 3. The molecule has 3 N–H and O–H groups in total. The third-order valence-electron chi connectivity index (χ3n) is 2.68. The number of aromatic nitrogens is 1. The Labute approximate surface area is 96.2 Å². The quantitative estimate of drug-likeness (QED) is 0.646. The fraction of sp³-hybridized carbons (Fsp3) is 0.385. The number of likely N-dealkylation sites (N-methyl/N-ethyl adjacent to an activating group) is 1. The summed E-state index contributed by atoms with van der Waals surface area (Å²) < 4.78 is 0. The summed E-state index contributed by atoms with van der Waals surface area (Å²) >= 11 is 0. The molecule has 0 aliphatic heterocycles. The standard InChI is InChI=1S/C13H19N3/c1-2-14-7-8-15-10-11-3-4-13-12(9-11)5-6-16-13/h3-6,9,14-16H,2,7-8,10H2,1H3. The Morgan fingerprint density at radius 3 is 2.88 bits per heavy atom. The van der Waals surface area contributed by atoms with Crippen molar-refractivity contribution in [3.05, 3.63) is 36.0 Å². The SMILES string of the molecule is CCNCCNCc1ccc2[nH]ccc2c1. The lowest BCUT2D eigenvalue weighted by atomic mass is 10.1. The number of hydrogen-bond acceptors (Lipinski definition) is 2. The number of rotatable bonds is 6. The Bertz CT molecular complexity index is 433. The van der Waals surface area contributed by atoms with Crippen molar-refractivity contribution in [3.63, 3.8) is 0 Å². The van der Waals surface area contributed by atoms with Gasteiger partial charge in [0.2, 0.25) is 0 Å². The lowest BCUT2D eigenvalue weighted by Gasteiger charge is -2.05. The minimum absolute atomic E-state index is 0.937. The molecule has 0 saturated carbocycles. The van der Waals surface area contributed by atoms with Crippen LogP contribution in [0.3, 0.4) is 0 Å². The van der Waals surface area contributed by atoms with Crippen LogP contribution in [0.1, 0.15) is 12.5 Å². The molecule has 0 fully saturated rings. The second kappa shape index (κ2) is 5.68. The van der Waals surface area contributed by atoms with Crippen molar-refractivity contribution < 1.29 is 0 Å². The maximum absolute atomic E-state index is 3.42. The molecule has 3 nitrogen and oxygen atoms in total. The van der Waals surface area contributed by atoms with E-state index in [0.717, 1.165) is 26.2 Å². The zero-order chi connectivity index (χ0) is 11.2. The molecule has 0 bridgehead atoms. The molecule has 1 heterocycles. The molecule has 2 rings (SSSR count). The normalized spacial score (nSPS) is 11.1. The van der Waals surface area contributed by atoms with Gasteiger partial charge in [0, 0.05) is 31.3 Å². The fourth-order valence-corrected chi connectivity index (χ4v) is 1.80. The maximum atomic E-state index is 3.42. The van der Waals surface area contributed by atoms with Crippen molar-refractivity contribution in [3.8, 4) is 0 Å². The number of aromatic amines is 1. The average Bonchev–Trinajstić information content (AvgIpc) is 2.76. The van der Waals surface area contributed by atoms with Crippen molar-refractivity contribution in [2.24, 2.45) is 0 Å². The molecule has 1 aromatic carbocycles. The third-order valence-corrected chi connectivity index (χ3v) is 2.68. The molecular formula is C13H19N3. The van der Waals surface area contributed by atoms with Crippen LogP contribution in [-0.4, -0.2) is 24.6 Å². The van der Waals surface area contributed by atoms with Crippen molar-refractivity contribution >= 4 is 10.9 Å². The molecule has 2 aromatic rings. The van der Waals surface area contributed by atoms with E-state index < -0.39 is 0 Å². The summed E-state index contributed by atoms with van der Waals surface area (Å²) in [5.74, 6) is 0. The summed E-state index contributed by atoms with van der Waals surface area (Å²) in [6.45, 7) is 6.14. The fourth-order valence-electron chi connectivity index (χ4n) is 1.80. The first-order chi connectivity index (χ1) is 7.90. The van der Waals surface area contributed by atoms with Crippen molar-refractivity contribution in [1.29, 1.82) is 0 Å². The van der Waals surface area contributed by atoms with Crippen LogP contribution in [0, 0.1) is 0 Å². The summed E-state index contributed by atoms with van der Waals surface area (Å²) in [7, 11) is 0. The lowest BCUT2D eigenvalue weighted by molar-refractivity contribution is 0.625. The average molecular weight is 217 g/mol. The first kappa shape index (κ1) is 11.2. The van der Waals surface area contributed by atoms with Gasteiger partial charge in [-0.15, -0.1) is 0 Å². The summed E-state index contributed by atoms with van der Waals surface area (Å²) in [4.78, 5) is 3.20. The van der Waals surface area contributed by atoms with Crippen LogP contribution < -0.4 is 10.6 Å². The molecule has 1 aromatic heterocycles. The zero-order valence-electron chi connectivity index (χ0n) is 9.72. The smallest absolute Gasteiger partial charge is 0.0454 e. The van der Waals surface area contributed by atoms with Gasteiger partial charge in [0.1, 0.15) is 0 Å². The van der Waals surface area contributed by atoms with Crippen LogP contribution >= 0.6 is 0 Å². The van der Waals surface area contributed by atoms with Gasteiger partial charge in [0.25, 0.3) is 0 Å². The highest BCUT2D eigenvalue weighted by molar-refractivity contribution is 5.79. The summed E-state index contributed by atoms with van der Waals surface area (Å²) in [6.07, 6.45) is 1.98. The van der Waals surface area contributed by atoms with Crippen molar-refractivity contribution in [1.82, 2.24) is 15.6 Å². The summed E-state index contributed by atoms with van der Waals surface area (Å²) in [5.41, 5.74) is 2.54. The van der Waals surface area contributed by atoms with E-state index in [1.54, 1.807) is 0 Å². The molecule has 16 heavy (non-hydrogen) atoms. The van der Waals surface area contributed by atoms with Crippen LogP contribution in [-0.2, 0) is 6.54 Å². The van der Waals surface area contributed by atoms with Crippen LogP contribution in [0.2, 0.25) is 0 Å². The van der Waals surface area contributed by atoms with Gasteiger partial charge in [-0.25, -0.2) is 0 Å². The van der Waals surface area contributed by atoms with E-state index in [4.69, 9.17) is 0 Å². The van der Waals surface area contributed by atoms with Gasteiger partial charge in [-0.1, -0.05) is 13.0 Å².